The third kappa shape index (κ3) is 7.10. The zero-order valence-electron chi connectivity index (χ0n) is 17.6. The largest absolute Gasteiger partial charge is 0.357 e. The van der Waals surface area contributed by atoms with Gasteiger partial charge in [0.05, 0.1) is 6.54 Å². The number of nitrogens with one attached hydrogen (secondary N) is 2. The molecule has 0 saturated carbocycles. The molecular formula is C21H34ClIN4O. The number of halogens is 2. The van der Waals surface area contributed by atoms with Crippen molar-refractivity contribution in [3.8, 4) is 0 Å². The summed E-state index contributed by atoms with van der Waals surface area (Å²) < 4.78 is 0. The van der Waals surface area contributed by atoms with Crippen molar-refractivity contribution < 1.29 is 4.79 Å². The summed E-state index contributed by atoms with van der Waals surface area (Å²) in [5, 5.41) is 7.56. The Morgan fingerprint density at radius 1 is 1.39 bits per heavy atom. The zero-order valence-corrected chi connectivity index (χ0v) is 20.7. The van der Waals surface area contributed by atoms with Crippen molar-refractivity contribution in [1.82, 2.24) is 15.5 Å². The lowest BCUT2D eigenvalue weighted by atomic mass is 9.85. The monoisotopic (exact) mass is 520 g/mol. The highest BCUT2D eigenvalue weighted by molar-refractivity contribution is 14.0. The average Bonchev–Trinajstić information content (AvgIpc) is 3.07. The summed E-state index contributed by atoms with van der Waals surface area (Å²) in [4.78, 5) is 18.9. The van der Waals surface area contributed by atoms with Gasteiger partial charge in [-0.2, -0.15) is 0 Å². The predicted octanol–water partition coefficient (Wildman–Crippen LogP) is 4.05. The van der Waals surface area contributed by atoms with Crippen molar-refractivity contribution in [1.29, 1.82) is 0 Å². The first-order valence-corrected chi connectivity index (χ1v) is 10.2. The highest BCUT2D eigenvalue weighted by Gasteiger charge is 2.28. The van der Waals surface area contributed by atoms with Crippen molar-refractivity contribution in [2.75, 3.05) is 26.2 Å². The van der Waals surface area contributed by atoms with Gasteiger partial charge in [0.15, 0.2) is 5.96 Å². The second-order valence-corrected chi connectivity index (χ2v) is 8.59. The van der Waals surface area contributed by atoms with E-state index in [0.717, 1.165) is 37.0 Å². The highest BCUT2D eigenvalue weighted by Crippen LogP contribution is 2.26. The Hall–Kier alpha value is -1.02. The van der Waals surface area contributed by atoms with Gasteiger partial charge >= 0.3 is 0 Å². The molecule has 1 heterocycles. The number of carbonyl (C=O) groups is 1. The van der Waals surface area contributed by atoms with Gasteiger partial charge in [0.1, 0.15) is 0 Å². The quantitative estimate of drug-likeness (QED) is 0.338. The maximum atomic E-state index is 12.2. The molecule has 1 aromatic rings. The number of guanidine groups is 1. The minimum atomic E-state index is -0.122. The molecule has 0 radical (unpaired) electrons. The number of hydrogen-bond acceptors (Lipinski definition) is 2. The van der Waals surface area contributed by atoms with E-state index in [0.29, 0.717) is 6.54 Å². The third-order valence-electron chi connectivity index (χ3n) is 4.92. The average molecular weight is 521 g/mol. The Morgan fingerprint density at radius 3 is 2.71 bits per heavy atom. The number of hydrogen-bond donors (Lipinski definition) is 2. The highest BCUT2D eigenvalue weighted by atomic mass is 127. The smallest absolute Gasteiger partial charge is 0.225 e. The third-order valence-corrected chi connectivity index (χ3v) is 5.15. The number of amides is 1. The molecule has 1 aliphatic rings. The van der Waals surface area contributed by atoms with Crippen LogP contribution in [0, 0.1) is 5.92 Å². The topological polar surface area (TPSA) is 56.7 Å². The Morgan fingerprint density at radius 2 is 2.11 bits per heavy atom. The van der Waals surface area contributed by atoms with Crippen molar-refractivity contribution in [2.24, 2.45) is 10.9 Å². The second-order valence-electron chi connectivity index (χ2n) is 8.16. The maximum absolute atomic E-state index is 12.2. The van der Waals surface area contributed by atoms with Gasteiger partial charge in [-0.15, -0.1) is 24.0 Å². The summed E-state index contributed by atoms with van der Waals surface area (Å²) in [6.45, 7) is 13.3. The molecule has 1 unspecified atom stereocenters. The number of carbonyl (C=O) groups excluding carboxylic acids is 1. The molecule has 5 nitrogen and oxygen atoms in total. The van der Waals surface area contributed by atoms with Crippen LogP contribution in [0.1, 0.15) is 46.6 Å². The van der Waals surface area contributed by atoms with Crippen LogP contribution in [0.25, 0.3) is 0 Å². The number of benzene rings is 1. The van der Waals surface area contributed by atoms with E-state index in [1.807, 2.05) is 36.9 Å². The molecule has 1 fully saturated rings. The SMILES string of the molecule is CCNC(=NCC(C)(C)c1cccc(Cl)c1)NC1CCN(C(=O)C(C)C)C1.I. The van der Waals surface area contributed by atoms with Crippen molar-refractivity contribution >= 4 is 47.4 Å². The molecule has 1 aliphatic heterocycles. The Labute approximate surface area is 191 Å². The first kappa shape index (κ1) is 25.0. The lowest BCUT2D eigenvalue weighted by molar-refractivity contribution is -0.133. The van der Waals surface area contributed by atoms with Gasteiger partial charge < -0.3 is 15.5 Å². The van der Waals surface area contributed by atoms with Gasteiger partial charge in [-0.05, 0) is 31.0 Å². The van der Waals surface area contributed by atoms with Crippen LogP contribution in [-0.4, -0.2) is 49.0 Å². The van der Waals surface area contributed by atoms with E-state index in [1.54, 1.807) is 0 Å². The summed E-state index contributed by atoms with van der Waals surface area (Å²) >= 11 is 6.15. The molecule has 1 saturated heterocycles. The van der Waals surface area contributed by atoms with E-state index in [2.05, 4.69) is 37.5 Å². The van der Waals surface area contributed by atoms with E-state index in [4.69, 9.17) is 16.6 Å². The van der Waals surface area contributed by atoms with E-state index in [9.17, 15) is 4.79 Å². The van der Waals surface area contributed by atoms with E-state index < -0.39 is 0 Å². The fraction of sp³-hybridized carbons (Fsp3) is 0.619. The molecule has 0 bridgehead atoms. The first-order chi connectivity index (χ1) is 12.7. The molecule has 158 valence electrons. The summed E-state index contributed by atoms with van der Waals surface area (Å²) in [6, 6.07) is 8.20. The van der Waals surface area contributed by atoms with Crippen LogP contribution in [0.15, 0.2) is 29.3 Å². The fourth-order valence-electron chi connectivity index (χ4n) is 3.23. The summed E-state index contributed by atoms with van der Waals surface area (Å²) in [7, 11) is 0. The zero-order chi connectivity index (χ0) is 20.0. The van der Waals surface area contributed by atoms with Gasteiger partial charge in [0.2, 0.25) is 5.91 Å². The van der Waals surface area contributed by atoms with Crippen LogP contribution < -0.4 is 10.6 Å². The van der Waals surface area contributed by atoms with Crippen molar-refractivity contribution in [2.45, 2.75) is 52.5 Å². The van der Waals surface area contributed by atoms with Crippen LogP contribution in [0.4, 0.5) is 0 Å². The molecule has 2 rings (SSSR count). The lowest BCUT2D eigenvalue weighted by Gasteiger charge is -2.25. The Balaban J connectivity index is 0.00000392. The molecular weight excluding hydrogens is 487 g/mol. The van der Waals surface area contributed by atoms with Gasteiger partial charge in [0, 0.05) is 42.0 Å². The van der Waals surface area contributed by atoms with Crippen LogP contribution >= 0.6 is 35.6 Å². The van der Waals surface area contributed by atoms with Crippen molar-refractivity contribution in [3.63, 3.8) is 0 Å². The number of aliphatic imine (C=N–C) groups is 1. The molecule has 0 aromatic heterocycles. The van der Waals surface area contributed by atoms with Gasteiger partial charge in [0.25, 0.3) is 0 Å². The first-order valence-electron chi connectivity index (χ1n) is 9.82. The fourth-order valence-corrected chi connectivity index (χ4v) is 3.42. The molecule has 2 N–H and O–H groups in total. The minimum Gasteiger partial charge on any atom is -0.357 e. The van der Waals surface area contributed by atoms with E-state index >= 15 is 0 Å². The number of rotatable bonds is 6. The molecule has 28 heavy (non-hydrogen) atoms. The minimum absolute atomic E-state index is 0. The molecule has 0 aliphatic carbocycles. The molecule has 7 heteroatoms. The van der Waals surface area contributed by atoms with E-state index in [1.165, 1.54) is 5.56 Å². The Kier molecular flexibility index (Phi) is 10.0. The molecule has 1 atom stereocenters. The Bertz CT molecular complexity index is 678. The van der Waals surface area contributed by atoms with Crippen LogP contribution in [0.3, 0.4) is 0 Å². The van der Waals surface area contributed by atoms with Gasteiger partial charge in [-0.1, -0.05) is 51.4 Å². The maximum Gasteiger partial charge on any atom is 0.225 e. The van der Waals surface area contributed by atoms with Gasteiger partial charge in [-0.3, -0.25) is 9.79 Å². The van der Waals surface area contributed by atoms with Crippen LogP contribution in [-0.2, 0) is 10.2 Å². The predicted molar refractivity (Wildman–Crippen MR) is 129 cm³/mol. The number of likely N-dealkylation sites (tertiary alicyclic amines) is 1. The van der Waals surface area contributed by atoms with Crippen LogP contribution in [0.5, 0.6) is 0 Å². The summed E-state index contributed by atoms with van der Waals surface area (Å²) in [5.41, 5.74) is 1.05. The molecule has 1 amide bonds. The van der Waals surface area contributed by atoms with Crippen LogP contribution in [0.2, 0.25) is 5.02 Å². The number of nitrogens with zero attached hydrogens (tertiary/aromatic N) is 2. The second kappa shape index (κ2) is 11.2. The molecule has 0 spiro atoms. The summed E-state index contributed by atoms with van der Waals surface area (Å²) in [5.74, 6) is 1.07. The van der Waals surface area contributed by atoms with E-state index in [-0.39, 0.29) is 47.3 Å². The normalized spacial score (nSPS) is 17.5. The summed E-state index contributed by atoms with van der Waals surface area (Å²) in [6.07, 6.45) is 0.945. The standard InChI is InChI=1S/C21H33ClN4O.HI/c1-6-23-20(25-18-10-11-26(13-18)19(27)15(2)3)24-14-21(4,5)16-8-7-9-17(22)12-16;/h7-9,12,15,18H,6,10-11,13-14H2,1-5H3,(H2,23,24,25);1H. The van der Waals surface area contributed by atoms with Gasteiger partial charge in [-0.25, -0.2) is 0 Å². The molecule has 1 aromatic carbocycles. The van der Waals surface area contributed by atoms with Crippen molar-refractivity contribution in [3.05, 3.63) is 34.9 Å². The lowest BCUT2D eigenvalue weighted by Crippen LogP contribution is -2.45.